The Balaban J connectivity index is 1.95. The molecule has 1 aliphatic heterocycles. The summed E-state index contributed by atoms with van der Waals surface area (Å²) in [6.07, 6.45) is 4.71. The monoisotopic (exact) mass is 265 g/mol. The predicted molar refractivity (Wildman–Crippen MR) is 70.2 cm³/mol. The summed E-state index contributed by atoms with van der Waals surface area (Å²) in [5, 5.41) is 0.268. The van der Waals surface area contributed by atoms with Crippen molar-refractivity contribution in [2.24, 2.45) is 11.8 Å². The molecule has 0 spiro atoms. The molecule has 0 aromatic carbocycles. The lowest BCUT2D eigenvalue weighted by molar-refractivity contribution is 0.112. The van der Waals surface area contributed by atoms with Gasteiger partial charge >= 0.3 is 0 Å². The Kier molecular flexibility index (Phi) is 2.98. The van der Waals surface area contributed by atoms with Gasteiger partial charge in [-0.2, -0.15) is 0 Å². The minimum atomic E-state index is 0.268. The van der Waals surface area contributed by atoms with E-state index in [0.717, 1.165) is 37.0 Å². The van der Waals surface area contributed by atoms with Gasteiger partial charge in [-0.1, -0.05) is 18.0 Å². The van der Waals surface area contributed by atoms with Gasteiger partial charge in [0.05, 0.1) is 5.56 Å². The third-order valence-electron chi connectivity index (χ3n) is 4.13. The van der Waals surface area contributed by atoms with Gasteiger partial charge in [-0.3, -0.25) is 4.79 Å². The van der Waals surface area contributed by atoms with Crippen LogP contribution < -0.4 is 4.90 Å². The van der Waals surface area contributed by atoms with E-state index in [9.17, 15) is 4.79 Å². The molecular formula is C13H16ClN3O. The van der Waals surface area contributed by atoms with Crippen molar-refractivity contribution in [3.8, 4) is 0 Å². The average molecular weight is 266 g/mol. The highest BCUT2D eigenvalue weighted by Gasteiger charge is 2.37. The summed E-state index contributed by atoms with van der Waals surface area (Å²) in [7, 11) is 0. The van der Waals surface area contributed by atoms with Gasteiger partial charge in [0.25, 0.3) is 0 Å². The molecule has 96 valence electrons. The molecule has 0 N–H and O–H groups in total. The molecule has 0 radical (unpaired) electrons. The molecule has 3 rings (SSSR count). The van der Waals surface area contributed by atoms with Gasteiger partial charge in [0, 0.05) is 13.1 Å². The summed E-state index contributed by atoms with van der Waals surface area (Å²) in [6.45, 7) is 3.80. The van der Waals surface area contributed by atoms with Crippen molar-refractivity contribution in [1.29, 1.82) is 0 Å². The lowest BCUT2D eigenvalue weighted by Gasteiger charge is -2.20. The van der Waals surface area contributed by atoms with E-state index in [-0.39, 0.29) is 5.15 Å². The van der Waals surface area contributed by atoms with Crippen LogP contribution in [0.3, 0.4) is 0 Å². The van der Waals surface area contributed by atoms with Crippen molar-refractivity contribution in [1.82, 2.24) is 9.97 Å². The van der Waals surface area contributed by atoms with Gasteiger partial charge < -0.3 is 4.90 Å². The summed E-state index contributed by atoms with van der Waals surface area (Å²) in [4.78, 5) is 21.8. The fourth-order valence-electron chi connectivity index (χ4n) is 3.28. The maximum Gasteiger partial charge on any atom is 0.156 e. The third kappa shape index (κ3) is 1.88. The van der Waals surface area contributed by atoms with Gasteiger partial charge in [0.15, 0.2) is 6.29 Å². The lowest BCUT2D eigenvalue weighted by atomic mass is 10.0. The van der Waals surface area contributed by atoms with Gasteiger partial charge in [0.2, 0.25) is 0 Å². The Morgan fingerprint density at radius 3 is 2.56 bits per heavy atom. The third-order valence-corrected chi connectivity index (χ3v) is 4.42. The maximum atomic E-state index is 11.2. The van der Waals surface area contributed by atoms with Crippen molar-refractivity contribution in [2.45, 2.75) is 26.2 Å². The van der Waals surface area contributed by atoms with E-state index in [1.54, 1.807) is 6.92 Å². The van der Waals surface area contributed by atoms with E-state index in [2.05, 4.69) is 14.9 Å². The molecule has 1 saturated heterocycles. The topological polar surface area (TPSA) is 46.1 Å². The Morgan fingerprint density at radius 2 is 1.94 bits per heavy atom. The number of hydrogen-bond acceptors (Lipinski definition) is 4. The second kappa shape index (κ2) is 4.50. The number of aldehydes is 1. The maximum absolute atomic E-state index is 11.2. The Morgan fingerprint density at radius 1 is 1.28 bits per heavy atom. The van der Waals surface area contributed by atoms with Crippen LogP contribution in [0.25, 0.3) is 0 Å². The molecule has 0 amide bonds. The quantitative estimate of drug-likeness (QED) is 0.609. The van der Waals surface area contributed by atoms with E-state index in [1.807, 2.05) is 0 Å². The van der Waals surface area contributed by atoms with E-state index < -0.39 is 0 Å². The van der Waals surface area contributed by atoms with Gasteiger partial charge in [-0.15, -0.1) is 0 Å². The molecule has 2 heterocycles. The summed E-state index contributed by atoms with van der Waals surface area (Å²) in [6, 6.07) is 0. The zero-order valence-electron chi connectivity index (χ0n) is 10.4. The average Bonchev–Trinajstić information content (AvgIpc) is 2.87. The molecule has 1 aliphatic carbocycles. The largest absolute Gasteiger partial charge is 0.355 e. The highest BCUT2D eigenvalue weighted by molar-refractivity contribution is 6.32. The number of anilines is 1. The van der Waals surface area contributed by atoms with Crippen LogP contribution in [-0.2, 0) is 0 Å². The molecule has 4 nitrogen and oxygen atoms in total. The fraction of sp³-hybridized carbons (Fsp3) is 0.615. The van der Waals surface area contributed by atoms with Gasteiger partial charge in [-0.05, 0) is 31.6 Å². The number of carbonyl (C=O) groups excluding carboxylic acids is 1. The zero-order valence-corrected chi connectivity index (χ0v) is 11.2. The van der Waals surface area contributed by atoms with Crippen LogP contribution in [0.2, 0.25) is 5.15 Å². The molecule has 18 heavy (non-hydrogen) atoms. The van der Waals surface area contributed by atoms with Crippen molar-refractivity contribution >= 4 is 23.7 Å². The van der Waals surface area contributed by atoms with Gasteiger partial charge in [-0.25, -0.2) is 9.97 Å². The Bertz CT molecular complexity index is 479. The number of aryl methyl sites for hydroxylation is 1. The number of fused-ring (bicyclic) bond motifs is 1. The van der Waals surface area contributed by atoms with E-state index in [4.69, 9.17) is 11.6 Å². The van der Waals surface area contributed by atoms with E-state index >= 15 is 0 Å². The Hall–Kier alpha value is -1.16. The van der Waals surface area contributed by atoms with E-state index in [0.29, 0.717) is 11.4 Å². The predicted octanol–water partition coefficient (Wildman–Crippen LogP) is 2.49. The molecule has 5 heteroatoms. The minimum absolute atomic E-state index is 0.268. The first kappa shape index (κ1) is 11.9. The first-order valence-electron chi connectivity index (χ1n) is 6.43. The molecule has 2 unspecified atom stereocenters. The second-order valence-corrected chi connectivity index (χ2v) is 5.63. The van der Waals surface area contributed by atoms with Crippen molar-refractivity contribution in [3.63, 3.8) is 0 Å². The first-order chi connectivity index (χ1) is 8.69. The molecule has 2 fully saturated rings. The zero-order chi connectivity index (χ0) is 12.7. The van der Waals surface area contributed by atoms with Crippen molar-refractivity contribution < 1.29 is 4.79 Å². The highest BCUT2D eigenvalue weighted by Crippen LogP contribution is 2.40. The molecule has 1 aromatic heterocycles. The van der Waals surface area contributed by atoms with Crippen molar-refractivity contribution in [3.05, 3.63) is 16.5 Å². The fourth-order valence-corrected chi connectivity index (χ4v) is 3.53. The van der Waals surface area contributed by atoms with Crippen LogP contribution in [0.1, 0.15) is 35.4 Å². The van der Waals surface area contributed by atoms with E-state index in [1.165, 1.54) is 19.3 Å². The molecule has 1 aromatic rings. The molecule has 2 aliphatic rings. The van der Waals surface area contributed by atoms with Crippen molar-refractivity contribution in [2.75, 3.05) is 18.0 Å². The number of rotatable bonds is 2. The summed E-state index contributed by atoms with van der Waals surface area (Å²) in [5.41, 5.74) is 0.433. The summed E-state index contributed by atoms with van der Waals surface area (Å²) < 4.78 is 0. The molecular weight excluding hydrogens is 250 g/mol. The number of hydrogen-bond donors (Lipinski definition) is 0. The number of nitrogens with zero attached hydrogens (tertiary/aromatic N) is 3. The summed E-state index contributed by atoms with van der Waals surface area (Å²) in [5.74, 6) is 2.87. The highest BCUT2D eigenvalue weighted by atomic mass is 35.5. The Labute approximate surface area is 111 Å². The lowest BCUT2D eigenvalue weighted by Crippen LogP contribution is -2.24. The van der Waals surface area contributed by atoms with Crippen LogP contribution in [0.5, 0.6) is 0 Å². The normalized spacial score (nSPS) is 26.4. The SMILES string of the molecule is Cc1nc(Cl)c(C=O)c(N2CC3CCCC3C2)n1. The number of aromatic nitrogens is 2. The molecule has 0 bridgehead atoms. The standard InChI is InChI=1S/C13H16ClN3O/c1-8-15-12(14)11(7-18)13(16-8)17-5-9-3-2-4-10(9)6-17/h7,9-10H,2-6H2,1H3. The van der Waals surface area contributed by atoms with Crippen LogP contribution in [0.15, 0.2) is 0 Å². The summed E-state index contributed by atoms with van der Waals surface area (Å²) >= 11 is 6.02. The van der Waals surface area contributed by atoms with Crippen LogP contribution in [0.4, 0.5) is 5.82 Å². The minimum Gasteiger partial charge on any atom is -0.355 e. The molecule has 2 atom stereocenters. The molecule has 1 saturated carbocycles. The smallest absolute Gasteiger partial charge is 0.156 e. The second-order valence-electron chi connectivity index (χ2n) is 5.27. The van der Waals surface area contributed by atoms with Crippen LogP contribution in [-0.4, -0.2) is 29.3 Å². The first-order valence-corrected chi connectivity index (χ1v) is 6.81. The van der Waals surface area contributed by atoms with Crippen LogP contribution >= 0.6 is 11.6 Å². The number of halogens is 1. The van der Waals surface area contributed by atoms with Gasteiger partial charge in [0.1, 0.15) is 16.8 Å². The van der Waals surface area contributed by atoms with Crippen LogP contribution in [0, 0.1) is 18.8 Å². The number of carbonyl (C=O) groups is 1.